The number of rotatable bonds is 5. The lowest BCUT2D eigenvalue weighted by molar-refractivity contribution is -0.125. The Hall–Kier alpha value is -2.95. The standard InChI is InChI=1S/C21H22FN3O/c1-5-7-18-15(6-2)11-25(21(18)26)12-17-9-8-16(10-20(17)22)19-13-24(4)23-14(19)3/h5-10,13H,2,11-12H2,1,3-4H3/b7-5-. The number of nitrogens with zero attached hydrogens (tertiary/aromatic N) is 3. The fraction of sp³-hybridized carbons (Fsp3) is 0.238. The lowest BCUT2D eigenvalue weighted by atomic mass is 10.0. The first kappa shape index (κ1) is 17.9. The van der Waals surface area contributed by atoms with Crippen molar-refractivity contribution in [3.8, 4) is 11.1 Å². The van der Waals surface area contributed by atoms with E-state index in [9.17, 15) is 9.18 Å². The molecule has 134 valence electrons. The van der Waals surface area contributed by atoms with Crippen LogP contribution in [0.1, 0.15) is 18.2 Å². The molecule has 0 unspecified atom stereocenters. The monoisotopic (exact) mass is 351 g/mol. The molecule has 4 nitrogen and oxygen atoms in total. The molecule has 0 bridgehead atoms. The van der Waals surface area contributed by atoms with E-state index in [2.05, 4.69) is 11.7 Å². The maximum atomic E-state index is 14.7. The molecule has 26 heavy (non-hydrogen) atoms. The van der Waals surface area contributed by atoms with Crippen LogP contribution in [0.4, 0.5) is 4.39 Å². The molecule has 0 spiro atoms. The first-order valence-corrected chi connectivity index (χ1v) is 8.51. The third-order valence-electron chi connectivity index (χ3n) is 4.54. The van der Waals surface area contributed by atoms with Crippen molar-refractivity contribution in [3.63, 3.8) is 0 Å². The number of aryl methyl sites for hydroxylation is 2. The second kappa shape index (κ2) is 7.12. The van der Waals surface area contributed by atoms with Crippen molar-refractivity contribution in [1.82, 2.24) is 14.7 Å². The van der Waals surface area contributed by atoms with Gasteiger partial charge >= 0.3 is 0 Å². The van der Waals surface area contributed by atoms with Crippen LogP contribution in [0.5, 0.6) is 0 Å². The van der Waals surface area contributed by atoms with Crippen molar-refractivity contribution >= 4 is 5.91 Å². The van der Waals surface area contributed by atoms with Gasteiger partial charge in [-0.25, -0.2) is 4.39 Å². The molecular weight excluding hydrogens is 329 g/mol. The van der Waals surface area contributed by atoms with Crippen molar-refractivity contribution in [3.05, 3.63) is 77.4 Å². The lowest BCUT2D eigenvalue weighted by Gasteiger charge is -2.17. The Bertz CT molecular complexity index is 937. The van der Waals surface area contributed by atoms with E-state index in [0.717, 1.165) is 22.4 Å². The van der Waals surface area contributed by atoms with Gasteiger partial charge in [0.15, 0.2) is 0 Å². The van der Waals surface area contributed by atoms with Crippen molar-refractivity contribution < 1.29 is 9.18 Å². The van der Waals surface area contributed by atoms with E-state index in [1.54, 1.807) is 27.8 Å². The average Bonchev–Trinajstić information content (AvgIpc) is 3.10. The number of amides is 1. The van der Waals surface area contributed by atoms with Gasteiger partial charge in [-0.15, -0.1) is 0 Å². The third kappa shape index (κ3) is 3.25. The summed E-state index contributed by atoms with van der Waals surface area (Å²) in [4.78, 5) is 14.2. The zero-order valence-corrected chi connectivity index (χ0v) is 15.3. The number of carbonyl (C=O) groups excluding carboxylic acids is 1. The molecule has 0 atom stereocenters. The summed E-state index contributed by atoms with van der Waals surface area (Å²) < 4.78 is 16.4. The summed E-state index contributed by atoms with van der Waals surface area (Å²) in [6, 6.07) is 5.12. The van der Waals surface area contributed by atoms with Gasteiger partial charge in [-0.1, -0.05) is 36.9 Å². The molecule has 2 aromatic rings. The fourth-order valence-electron chi connectivity index (χ4n) is 3.25. The molecule has 0 radical (unpaired) electrons. The first-order chi connectivity index (χ1) is 12.4. The van der Waals surface area contributed by atoms with Crippen LogP contribution >= 0.6 is 0 Å². The summed E-state index contributed by atoms with van der Waals surface area (Å²) in [7, 11) is 1.84. The molecular formula is C21H22FN3O. The molecule has 0 fully saturated rings. The molecule has 5 heteroatoms. The average molecular weight is 351 g/mol. The number of hydrogen-bond acceptors (Lipinski definition) is 2. The van der Waals surface area contributed by atoms with Crippen LogP contribution in [0.3, 0.4) is 0 Å². The summed E-state index contributed by atoms with van der Waals surface area (Å²) in [5, 5.41) is 4.30. The Labute approximate surface area is 152 Å². The normalized spacial score (nSPS) is 14.8. The Morgan fingerprint density at radius 2 is 2.15 bits per heavy atom. The number of allylic oxidation sites excluding steroid dienone is 1. The van der Waals surface area contributed by atoms with E-state index in [-0.39, 0.29) is 18.3 Å². The van der Waals surface area contributed by atoms with E-state index in [1.807, 2.05) is 39.2 Å². The molecule has 0 saturated heterocycles. The zero-order valence-electron chi connectivity index (χ0n) is 15.3. The van der Waals surface area contributed by atoms with Crippen LogP contribution in [0, 0.1) is 12.7 Å². The van der Waals surface area contributed by atoms with Crippen LogP contribution in [-0.4, -0.2) is 27.1 Å². The summed E-state index contributed by atoms with van der Waals surface area (Å²) in [5.41, 5.74) is 4.53. The summed E-state index contributed by atoms with van der Waals surface area (Å²) in [6.07, 6.45) is 7.17. The van der Waals surface area contributed by atoms with Gasteiger partial charge in [0.25, 0.3) is 5.91 Å². The second-order valence-corrected chi connectivity index (χ2v) is 6.41. The minimum Gasteiger partial charge on any atom is -0.330 e. The van der Waals surface area contributed by atoms with Crippen LogP contribution in [0.15, 0.2) is 60.3 Å². The number of aromatic nitrogens is 2. The minimum atomic E-state index is -0.321. The van der Waals surface area contributed by atoms with Crippen LogP contribution in [0.25, 0.3) is 11.1 Å². The van der Waals surface area contributed by atoms with Crippen LogP contribution in [0.2, 0.25) is 0 Å². The zero-order chi connectivity index (χ0) is 18.8. The SMILES string of the molecule is C=CC1=C(/C=C\C)C(=O)N(Cc2ccc(-c3cn(C)nc3C)cc2F)C1. The topological polar surface area (TPSA) is 38.1 Å². The maximum absolute atomic E-state index is 14.7. The van der Waals surface area contributed by atoms with Gasteiger partial charge < -0.3 is 4.90 Å². The maximum Gasteiger partial charge on any atom is 0.254 e. The van der Waals surface area contributed by atoms with E-state index >= 15 is 0 Å². The molecule has 0 aliphatic carbocycles. The minimum absolute atomic E-state index is 0.0930. The Balaban J connectivity index is 1.83. The predicted octanol–water partition coefficient (Wildman–Crippen LogP) is 3.94. The van der Waals surface area contributed by atoms with Crippen molar-refractivity contribution in [1.29, 1.82) is 0 Å². The van der Waals surface area contributed by atoms with Gasteiger partial charge in [0.1, 0.15) is 5.82 Å². The lowest BCUT2D eigenvalue weighted by Crippen LogP contribution is -2.27. The molecule has 0 saturated carbocycles. The number of hydrogen-bond donors (Lipinski definition) is 0. The van der Waals surface area contributed by atoms with Gasteiger partial charge in [0.2, 0.25) is 0 Å². The highest BCUT2D eigenvalue weighted by Gasteiger charge is 2.27. The van der Waals surface area contributed by atoms with E-state index in [1.165, 1.54) is 6.07 Å². The van der Waals surface area contributed by atoms with Gasteiger partial charge in [0.05, 0.1) is 5.69 Å². The van der Waals surface area contributed by atoms with Crippen molar-refractivity contribution in [2.45, 2.75) is 20.4 Å². The van der Waals surface area contributed by atoms with Gasteiger partial charge in [-0.3, -0.25) is 9.48 Å². The molecule has 3 rings (SSSR count). The Morgan fingerprint density at radius 3 is 2.73 bits per heavy atom. The number of carbonyl (C=O) groups is 1. The van der Waals surface area contributed by atoms with Crippen LogP contribution in [-0.2, 0) is 18.4 Å². The Morgan fingerprint density at radius 1 is 1.38 bits per heavy atom. The predicted molar refractivity (Wildman–Crippen MR) is 101 cm³/mol. The van der Waals surface area contributed by atoms with E-state index in [0.29, 0.717) is 17.7 Å². The molecule has 1 aromatic heterocycles. The molecule has 1 aliphatic heterocycles. The highest BCUT2D eigenvalue weighted by molar-refractivity contribution is 6.00. The molecule has 0 N–H and O–H groups in total. The molecule has 1 amide bonds. The highest BCUT2D eigenvalue weighted by atomic mass is 19.1. The Kier molecular flexibility index (Phi) is 4.89. The quantitative estimate of drug-likeness (QED) is 0.818. The van der Waals surface area contributed by atoms with Gasteiger partial charge in [0, 0.05) is 43.0 Å². The molecule has 2 heterocycles. The smallest absolute Gasteiger partial charge is 0.254 e. The molecule has 1 aliphatic rings. The summed E-state index contributed by atoms with van der Waals surface area (Å²) >= 11 is 0. The summed E-state index contributed by atoms with van der Waals surface area (Å²) in [6.45, 7) is 8.21. The van der Waals surface area contributed by atoms with E-state index < -0.39 is 0 Å². The largest absolute Gasteiger partial charge is 0.330 e. The second-order valence-electron chi connectivity index (χ2n) is 6.41. The van der Waals surface area contributed by atoms with Crippen molar-refractivity contribution in [2.24, 2.45) is 7.05 Å². The number of halogens is 1. The van der Waals surface area contributed by atoms with Crippen LogP contribution < -0.4 is 0 Å². The fourth-order valence-corrected chi connectivity index (χ4v) is 3.25. The van der Waals surface area contributed by atoms with Gasteiger partial charge in [-0.2, -0.15) is 5.10 Å². The van der Waals surface area contributed by atoms with Crippen molar-refractivity contribution in [2.75, 3.05) is 6.54 Å². The highest BCUT2D eigenvalue weighted by Crippen LogP contribution is 2.27. The van der Waals surface area contributed by atoms with Gasteiger partial charge in [-0.05, 0) is 31.1 Å². The number of benzene rings is 1. The molecule has 1 aromatic carbocycles. The van der Waals surface area contributed by atoms with E-state index in [4.69, 9.17) is 0 Å². The first-order valence-electron chi connectivity index (χ1n) is 8.51. The third-order valence-corrected chi connectivity index (χ3v) is 4.54. The summed E-state index contributed by atoms with van der Waals surface area (Å²) in [5.74, 6) is -0.414.